The summed E-state index contributed by atoms with van der Waals surface area (Å²) in [4.78, 5) is 0. The van der Waals surface area contributed by atoms with Crippen LogP contribution in [0.5, 0.6) is 5.75 Å². The van der Waals surface area contributed by atoms with Crippen LogP contribution in [-0.4, -0.2) is 10.2 Å². The van der Waals surface area contributed by atoms with Gasteiger partial charge in [-0.15, -0.1) is 10.2 Å². The summed E-state index contributed by atoms with van der Waals surface area (Å²) < 4.78 is 36.6. The Hall–Kier alpha value is -2.76. The highest BCUT2D eigenvalue weighted by molar-refractivity contribution is 5.52. The third kappa shape index (κ3) is 3.22. The maximum atomic E-state index is 13.1. The van der Waals surface area contributed by atoms with Crippen LogP contribution in [0.3, 0.4) is 0 Å². The first-order valence-corrected chi connectivity index (χ1v) is 6.17. The molecule has 0 aliphatic carbocycles. The van der Waals surface area contributed by atoms with Crippen molar-refractivity contribution >= 4 is 0 Å². The van der Waals surface area contributed by atoms with Gasteiger partial charge in [0.1, 0.15) is 17.4 Å². The van der Waals surface area contributed by atoms with E-state index >= 15 is 0 Å². The molecule has 4 nitrogen and oxygen atoms in total. The van der Waals surface area contributed by atoms with E-state index in [1.54, 1.807) is 12.1 Å². The number of nitrogens with zero attached hydrogens (tertiary/aromatic N) is 2. The van der Waals surface area contributed by atoms with Gasteiger partial charge < -0.3 is 9.15 Å². The van der Waals surface area contributed by atoms with Crippen LogP contribution in [0, 0.1) is 11.6 Å². The maximum Gasteiger partial charge on any atom is 0.254 e. The summed E-state index contributed by atoms with van der Waals surface area (Å²) in [6, 6.07) is 11.4. The SMILES string of the molecule is Fc1ccc(OCc2nnc(-c3cccc(F)c3)o2)cc1. The molecule has 0 aliphatic rings. The van der Waals surface area contributed by atoms with Gasteiger partial charge in [-0.2, -0.15) is 0 Å². The molecule has 6 heteroatoms. The quantitative estimate of drug-likeness (QED) is 0.736. The molecule has 0 saturated heterocycles. The van der Waals surface area contributed by atoms with Gasteiger partial charge >= 0.3 is 0 Å². The summed E-state index contributed by atoms with van der Waals surface area (Å²) in [5.74, 6) is 0.232. The van der Waals surface area contributed by atoms with Crippen LogP contribution in [0.25, 0.3) is 11.5 Å². The zero-order valence-corrected chi connectivity index (χ0v) is 10.8. The van der Waals surface area contributed by atoms with E-state index < -0.39 is 0 Å². The highest BCUT2D eigenvalue weighted by Gasteiger charge is 2.09. The Morgan fingerprint density at radius 2 is 1.76 bits per heavy atom. The topological polar surface area (TPSA) is 48.2 Å². The lowest BCUT2D eigenvalue weighted by atomic mass is 10.2. The molecule has 0 radical (unpaired) electrons. The Kier molecular flexibility index (Phi) is 3.59. The van der Waals surface area contributed by atoms with E-state index in [0.29, 0.717) is 11.3 Å². The average molecular weight is 288 g/mol. The lowest BCUT2D eigenvalue weighted by molar-refractivity contribution is 0.264. The second-order valence-corrected chi connectivity index (χ2v) is 4.25. The van der Waals surface area contributed by atoms with E-state index in [9.17, 15) is 8.78 Å². The Morgan fingerprint density at radius 1 is 0.952 bits per heavy atom. The highest BCUT2D eigenvalue weighted by atomic mass is 19.1. The zero-order valence-electron chi connectivity index (χ0n) is 10.8. The van der Waals surface area contributed by atoms with Gasteiger partial charge in [0.25, 0.3) is 5.89 Å². The fraction of sp³-hybridized carbons (Fsp3) is 0.0667. The molecule has 0 atom stereocenters. The predicted molar refractivity (Wildman–Crippen MR) is 70.4 cm³/mol. The normalized spacial score (nSPS) is 10.6. The number of benzene rings is 2. The molecule has 3 rings (SSSR count). The van der Waals surface area contributed by atoms with Crippen molar-refractivity contribution in [3.8, 4) is 17.2 Å². The minimum atomic E-state index is -0.380. The van der Waals surface area contributed by atoms with Crippen LogP contribution >= 0.6 is 0 Å². The summed E-state index contributed by atoms with van der Waals surface area (Å²) in [5, 5.41) is 7.65. The first kappa shape index (κ1) is 13.2. The van der Waals surface area contributed by atoms with Gasteiger partial charge in [0.15, 0.2) is 6.61 Å². The molecule has 106 valence electrons. The molecule has 2 aromatic carbocycles. The molecule has 0 aliphatic heterocycles. The van der Waals surface area contributed by atoms with Gasteiger partial charge in [-0.3, -0.25) is 0 Å². The molecule has 0 bridgehead atoms. The predicted octanol–water partition coefficient (Wildman–Crippen LogP) is 3.59. The molecule has 0 amide bonds. The Labute approximate surface area is 119 Å². The number of ether oxygens (including phenoxy) is 1. The third-order valence-corrected chi connectivity index (χ3v) is 2.71. The van der Waals surface area contributed by atoms with E-state index in [-0.39, 0.29) is 30.0 Å². The molecule has 1 heterocycles. The van der Waals surface area contributed by atoms with Crippen molar-refractivity contribution in [2.75, 3.05) is 0 Å². The first-order valence-electron chi connectivity index (χ1n) is 6.17. The first-order chi connectivity index (χ1) is 10.2. The molecule has 0 N–H and O–H groups in total. The summed E-state index contributed by atoms with van der Waals surface area (Å²) in [6.07, 6.45) is 0. The summed E-state index contributed by atoms with van der Waals surface area (Å²) in [5.41, 5.74) is 0.496. The van der Waals surface area contributed by atoms with E-state index in [1.165, 1.54) is 36.4 Å². The van der Waals surface area contributed by atoms with Gasteiger partial charge in [0.05, 0.1) is 0 Å². The van der Waals surface area contributed by atoms with Crippen molar-refractivity contribution in [2.24, 2.45) is 0 Å². The van der Waals surface area contributed by atoms with Crippen LogP contribution in [0.4, 0.5) is 8.78 Å². The Morgan fingerprint density at radius 3 is 2.52 bits per heavy atom. The molecule has 21 heavy (non-hydrogen) atoms. The van der Waals surface area contributed by atoms with Crippen molar-refractivity contribution in [1.82, 2.24) is 10.2 Å². The number of hydrogen-bond acceptors (Lipinski definition) is 4. The standard InChI is InChI=1S/C15H10F2N2O2/c16-11-4-6-13(7-5-11)20-9-14-18-19-15(21-14)10-2-1-3-12(17)8-10/h1-8H,9H2. The average Bonchev–Trinajstić information content (AvgIpc) is 2.96. The fourth-order valence-electron chi connectivity index (χ4n) is 1.73. The number of halogens is 2. The van der Waals surface area contributed by atoms with E-state index in [4.69, 9.17) is 9.15 Å². The van der Waals surface area contributed by atoms with Gasteiger partial charge in [-0.05, 0) is 42.5 Å². The molecule has 0 unspecified atom stereocenters. The second kappa shape index (κ2) is 5.70. The number of rotatable bonds is 4. The molecule has 3 aromatic rings. The van der Waals surface area contributed by atoms with E-state index in [0.717, 1.165) is 0 Å². The fourth-order valence-corrected chi connectivity index (χ4v) is 1.73. The Balaban J connectivity index is 1.69. The van der Waals surface area contributed by atoms with Crippen LogP contribution < -0.4 is 4.74 Å². The molecule has 1 aromatic heterocycles. The zero-order chi connectivity index (χ0) is 14.7. The van der Waals surface area contributed by atoms with Crippen molar-refractivity contribution in [3.05, 3.63) is 66.1 Å². The van der Waals surface area contributed by atoms with Crippen molar-refractivity contribution in [1.29, 1.82) is 0 Å². The minimum Gasteiger partial charge on any atom is -0.484 e. The van der Waals surface area contributed by atoms with Crippen molar-refractivity contribution in [3.63, 3.8) is 0 Å². The second-order valence-electron chi connectivity index (χ2n) is 4.25. The Bertz CT molecular complexity index is 741. The monoisotopic (exact) mass is 288 g/mol. The van der Waals surface area contributed by atoms with Crippen LogP contribution in [0.2, 0.25) is 0 Å². The van der Waals surface area contributed by atoms with Crippen LogP contribution in [0.1, 0.15) is 5.89 Å². The molecular formula is C15H10F2N2O2. The van der Waals surface area contributed by atoms with Crippen LogP contribution in [0.15, 0.2) is 52.9 Å². The molecule has 0 fully saturated rings. The molecule has 0 saturated carbocycles. The smallest absolute Gasteiger partial charge is 0.254 e. The maximum absolute atomic E-state index is 13.1. The van der Waals surface area contributed by atoms with E-state index in [1.807, 2.05) is 0 Å². The summed E-state index contributed by atoms with van der Waals surface area (Å²) in [7, 11) is 0. The lowest BCUT2D eigenvalue weighted by Crippen LogP contribution is -1.95. The third-order valence-electron chi connectivity index (χ3n) is 2.71. The molecule has 0 spiro atoms. The van der Waals surface area contributed by atoms with Crippen LogP contribution in [-0.2, 0) is 6.61 Å². The van der Waals surface area contributed by atoms with Gasteiger partial charge in [0, 0.05) is 5.56 Å². The molecular weight excluding hydrogens is 278 g/mol. The van der Waals surface area contributed by atoms with Crippen molar-refractivity contribution in [2.45, 2.75) is 6.61 Å². The lowest BCUT2D eigenvalue weighted by Gasteiger charge is -2.02. The summed E-state index contributed by atoms with van der Waals surface area (Å²) in [6.45, 7) is 0.0496. The van der Waals surface area contributed by atoms with Crippen molar-refractivity contribution < 1.29 is 17.9 Å². The van der Waals surface area contributed by atoms with E-state index in [2.05, 4.69) is 10.2 Å². The van der Waals surface area contributed by atoms with Gasteiger partial charge in [-0.1, -0.05) is 6.07 Å². The largest absolute Gasteiger partial charge is 0.484 e. The highest BCUT2D eigenvalue weighted by Crippen LogP contribution is 2.19. The van der Waals surface area contributed by atoms with Gasteiger partial charge in [0.2, 0.25) is 5.89 Å². The van der Waals surface area contributed by atoms with Gasteiger partial charge in [-0.25, -0.2) is 8.78 Å². The summed E-state index contributed by atoms with van der Waals surface area (Å²) >= 11 is 0. The number of hydrogen-bond donors (Lipinski definition) is 0. The number of aromatic nitrogens is 2. The minimum absolute atomic E-state index is 0.0496.